The van der Waals surface area contributed by atoms with Gasteiger partial charge in [-0.1, -0.05) is 42.5 Å². The second-order valence-corrected chi connectivity index (χ2v) is 9.16. The van der Waals surface area contributed by atoms with E-state index in [4.69, 9.17) is 5.73 Å². The molecule has 2 aromatic carbocycles. The predicted octanol–water partition coefficient (Wildman–Crippen LogP) is 3.47. The van der Waals surface area contributed by atoms with Gasteiger partial charge in [0.1, 0.15) is 5.82 Å². The van der Waals surface area contributed by atoms with Crippen molar-refractivity contribution in [1.29, 1.82) is 0 Å². The highest BCUT2D eigenvalue weighted by Gasteiger charge is 2.42. The normalized spacial score (nSPS) is 23.8. The zero-order valence-electron chi connectivity index (χ0n) is 17.7. The summed E-state index contributed by atoms with van der Waals surface area (Å²) in [5.74, 6) is 0.422. The van der Waals surface area contributed by atoms with Crippen molar-refractivity contribution in [2.45, 2.75) is 50.6 Å². The van der Waals surface area contributed by atoms with Crippen LogP contribution in [0.15, 0.2) is 54.6 Å². The van der Waals surface area contributed by atoms with Gasteiger partial charge in [-0.05, 0) is 61.3 Å². The quantitative estimate of drug-likeness (QED) is 0.736. The van der Waals surface area contributed by atoms with Crippen LogP contribution in [0, 0.1) is 11.2 Å². The minimum atomic E-state index is -0.453. The van der Waals surface area contributed by atoms with Crippen LogP contribution in [0.25, 0.3) is 0 Å². The molecule has 0 spiro atoms. The maximum absolute atomic E-state index is 13.4. The van der Waals surface area contributed by atoms with Crippen molar-refractivity contribution < 1.29 is 9.18 Å². The molecule has 1 heterocycles. The Kier molecular flexibility index (Phi) is 6.21. The summed E-state index contributed by atoms with van der Waals surface area (Å²) in [7, 11) is 0. The van der Waals surface area contributed by atoms with E-state index in [2.05, 4.69) is 35.6 Å². The average molecular weight is 410 g/mol. The molecule has 1 amide bonds. The number of carbonyl (C=O) groups is 1. The Morgan fingerprint density at radius 1 is 1.17 bits per heavy atom. The van der Waals surface area contributed by atoms with Crippen LogP contribution in [0.4, 0.5) is 4.39 Å². The van der Waals surface area contributed by atoms with Crippen LogP contribution in [0.2, 0.25) is 0 Å². The summed E-state index contributed by atoms with van der Waals surface area (Å²) in [5, 5.41) is 3.81. The topological polar surface area (TPSA) is 58.4 Å². The maximum atomic E-state index is 13.4. The van der Waals surface area contributed by atoms with Gasteiger partial charge in [-0.15, -0.1) is 0 Å². The summed E-state index contributed by atoms with van der Waals surface area (Å²) in [6.07, 6.45) is 3.92. The molecule has 160 valence electrons. The number of nitrogens with zero attached hydrogens (tertiary/aromatic N) is 1. The van der Waals surface area contributed by atoms with Crippen LogP contribution in [0.1, 0.15) is 43.2 Å². The van der Waals surface area contributed by atoms with E-state index in [-0.39, 0.29) is 17.1 Å². The maximum Gasteiger partial charge on any atom is 0.239 e. The first kappa shape index (κ1) is 21.0. The first-order valence-corrected chi connectivity index (χ1v) is 11.0. The smallest absolute Gasteiger partial charge is 0.239 e. The van der Waals surface area contributed by atoms with Crippen LogP contribution in [0.5, 0.6) is 0 Å². The number of halogens is 1. The lowest BCUT2D eigenvalue weighted by molar-refractivity contribution is -0.134. The average Bonchev–Trinajstić information content (AvgIpc) is 3.55. The lowest BCUT2D eigenvalue weighted by atomic mass is 9.73. The van der Waals surface area contributed by atoms with Gasteiger partial charge in [0.15, 0.2) is 0 Å². The second kappa shape index (κ2) is 8.86. The second-order valence-electron chi connectivity index (χ2n) is 9.16. The SMILES string of the molecule is C[C@@H](N)C(=O)N1CCC(CNC2CC2c2ccccc2)(Cc2ccc(F)cc2)CC1. The van der Waals surface area contributed by atoms with Crippen molar-refractivity contribution in [3.8, 4) is 0 Å². The van der Waals surface area contributed by atoms with Gasteiger partial charge in [0, 0.05) is 31.6 Å². The molecule has 0 bridgehead atoms. The first-order chi connectivity index (χ1) is 14.5. The summed E-state index contributed by atoms with van der Waals surface area (Å²) in [5.41, 5.74) is 8.43. The third-order valence-corrected chi connectivity index (χ3v) is 6.78. The number of piperidine rings is 1. The molecule has 4 nitrogen and oxygen atoms in total. The monoisotopic (exact) mass is 409 g/mol. The fourth-order valence-corrected chi connectivity index (χ4v) is 4.78. The number of hydrogen-bond donors (Lipinski definition) is 2. The standard InChI is InChI=1S/C25H32FN3O/c1-18(27)24(30)29-13-11-25(12-14-29,16-19-7-9-21(26)10-8-19)17-28-23-15-22(23)20-5-3-2-4-6-20/h2-10,18,22-23,28H,11-17,27H2,1H3/t18-,22?,23?/m1/s1. The molecule has 4 rings (SSSR count). The van der Waals surface area contributed by atoms with Gasteiger partial charge < -0.3 is 16.0 Å². The van der Waals surface area contributed by atoms with Crippen molar-refractivity contribution in [1.82, 2.24) is 10.2 Å². The van der Waals surface area contributed by atoms with Gasteiger partial charge in [-0.3, -0.25) is 4.79 Å². The lowest BCUT2D eigenvalue weighted by Crippen LogP contribution is -2.51. The molecule has 0 aromatic heterocycles. The number of nitrogens with two attached hydrogens (primary N) is 1. The van der Waals surface area contributed by atoms with E-state index in [0.717, 1.165) is 44.5 Å². The van der Waals surface area contributed by atoms with Gasteiger partial charge in [-0.25, -0.2) is 4.39 Å². The highest BCUT2D eigenvalue weighted by molar-refractivity contribution is 5.81. The molecule has 2 fully saturated rings. The number of benzene rings is 2. The van der Waals surface area contributed by atoms with Crippen molar-refractivity contribution in [3.63, 3.8) is 0 Å². The molecular weight excluding hydrogens is 377 g/mol. The van der Waals surface area contributed by atoms with E-state index in [1.54, 1.807) is 6.92 Å². The van der Waals surface area contributed by atoms with E-state index in [1.165, 1.54) is 24.1 Å². The van der Waals surface area contributed by atoms with E-state index >= 15 is 0 Å². The number of amides is 1. The number of nitrogens with one attached hydrogen (secondary N) is 1. The Balaban J connectivity index is 1.42. The zero-order chi connectivity index (χ0) is 21.1. The van der Waals surface area contributed by atoms with Crippen LogP contribution in [-0.4, -0.2) is 42.5 Å². The Morgan fingerprint density at radius 3 is 2.47 bits per heavy atom. The highest BCUT2D eigenvalue weighted by atomic mass is 19.1. The van der Waals surface area contributed by atoms with Crippen LogP contribution >= 0.6 is 0 Å². The molecule has 2 unspecified atom stereocenters. The van der Waals surface area contributed by atoms with E-state index in [0.29, 0.717) is 12.0 Å². The lowest BCUT2D eigenvalue weighted by Gasteiger charge is -2.43. The van der Waals surface area contributed by atoms with E-state index < -0.39 is 6.04 Å². The minimum absolute atomic E-state index is 0.0321. The molecule has 1 aliphatic carbocycles. The minimum Gasteiger partial charge on any atom is -0.341 e. The van der Waals surface area contributed by atoms with Gasteiger partial charge in [0.2, 0.25) is 5.91 Å². The first-order valence-electron chi connectivity index (χ1n) is 11.0. The van der Waals surface area contributed by atoms with Crippen LogP contribution in [-0.2, 0) is 11.2 Å². The molecule has 2 aromatic rings. The van der Waals surface area contributed by atoms with Gasteiger partial charge in [0.05, 0.1) is 6.04 Å². The molecule has 2 aliphatic rings. The molecule has 1 aliphatic heterocycles. The number of likely N-dealkylation sites (tertiary alicyclic amines) is 1. The van der Waals surface area contributed by atoms with Gasteiger partial charge >= 0.3 is 0 Å². The fraction of sp³-hybridized carbons (Fsp3) is 0.480. The molecule has 3 N–H and O–H groups in total. The van der Waals surface area contributed by atoms with Gasteiger partial charge in [0.25, 0.3) is 0 Å². The number of carbonyl (C=O) groups excluding carboxylic acids is 1. The zero-order valence-corrected chi connectivity index (χ0v) is 17.7. The summed E-state index contributed by atoms with van der Waals surface area (Å²) >= 11 is 0. The Hall–Kier alpha value is -2.24. The Morgan fingerprint density at radius 2 is 1.83 bits per heavy atom. The molecule has 0 radical (unpaired) electrons. The van der Waals surface area contributed by atoms with Crippen molar-refractivity contribution >= 4 is 5.91 Å². The van der Waals surface area contributed by atoms with E-state index in [9.17, 15) is 9.18 Å². The third-order valence-electron chi connectivity index (χ3n) is 6.78. The molecule has 30 heavy (non-hydrogen) atoms. The fourth-order valence-electron chi connectivity index (χ4n) is 4.78. The Bertz CT molecular complexity index is 844. The Labute approximate surface area is 178 Å². The number of hydrogen-bond acceptors (Lipinski definition) is 3. The summed E-state index contributed by atoms with van der Waals surface area (Å²) < 4.78 is 13.4. The third kappa shape index (κ3) is 4.90. The molecular formula is C25H32FN3O. The van der Waals surface area contributed by atoms with Crippen LogP contribution in [0.3, 0.4) is 0 Å². The van der Waals surface area contributed by atoms with Gasteiger partial charge in [-0.2, -0.15) is 0 Å². The summed E-state index contributed by atoms with van der Waals surface area (Å²) in [6.45, 7) is 4.13. The van der Waals surface area contributed by atoms with Crippen molar-refractivity contribution in [2.75, 3.05) is 19.6 Å². The summed E-state index contributed by atoms with van der Waals surface area (Å²) in [6, 6.07) is 17.6. The van der Waals surface area contributed by atoms with Crippen molar-refractivity contribution in [3.05, 3.63) is 71.5 Å². The molecule has 1 saturated heterocycles. The molecule has 5 heteroatoms. The molecule has 1 saturated carbocycles. The predicted molar refractivity (Wildman–Crippen MR) is 118 cm³/mol. The highest BCUT2D eigenvalue weighted by Crippen LogP contribution is 2.42. The largest absolute Gasteiger partial charge is 0.341 e. The molecule has 3 atom stereocenters. The van der Waals surface area contributed by atoms with E-state index in [1.807, 2.05) is 17.0 Å². The van der Waals surface area contributed by atoms with Crippen molar-refractivity contribution in [2.24, 2.45) is 11.1 Å². The van der Waals surface area contributed by atoms with Crippen LogP contribution < -0.4 is 11.1 Å². The summed E-state index contributed by atoms with van der Waals surface area (Å²) in [4.78, 5) is 14.2. The number of rotatable bonds is 7.